The van der Waals surface area contributed by atoms with E-state index < -0.39 is 0 Å². The second kappa shape index (κ2) is 7.51. The number of likely N-dealkylation sites (tertiary alicyclic amines) is 1. The normalized spacial score (nSPS) is 15.1. The number of nitrogens with zero attached hydrogens (tertiary/aromatic N) is 3. The number of methoxy groups -OCH3 is 1. The summed E-state index contributed by atoms with van der Waals surface area (Å²) in [6.45, 7) is 5.60. The van der Waals surface area contributed by atoms with Gasteiger partial charge in [0, 0.05) is 19.2 Å². The highest BCUT2D eigenvalue weighted by Crippen LogP contribution is 2.26. The van der Waals surface area contributed by atoms with E-state index in [1.807, 2.05) is 29.2 Å². The van der Waals surface area contributed by atoms with Crippen LogP contribution in [0.3, 0.4) is 0 Å². The third-order valence-electron chi connectivity index (χ3n) is 4.50. The molecule has 1 aliphatic heterocycles. The molecule has 0 saturated carbocycles. The summed E-state index contributed by atoms with van der Waals surface area (Å²) in [7, 11) is 1.62. The second-order valence-electron chi connectivity index (χ2n) is 6.49. The van der Waals surface area contributed by atoms with Crippen LogP contribution in [0.5, 0.6) is 5.75 Å². The van der Waals surface area contributed by atoms with Crippen molar-refractivity contribution in [3.63, 3.8) is 0 Å². The number of benzene rings is 1. The molecular weight excluding hydrogens is 316 g/mol. The highest BCUT2D eigenvalue weighted by Gasteiger charge is 2.23. The summed E-state index contributed by atoms with van der Waals surface area (Å²) in [5, 5.41) is 3.22. The number of ether oxygens (including phenoxy) is 1. The van der Waals surface area contributed by atoms with Crippen LogP contribution in [-0.2, 0) is 0 Å². The summed E-state index contributed by atoms with van der Waals surface area (Å²) in [6, 6.07) is 9.31. The first kappa shape index (κ1) is 17.2. The fourth-order valence-corrected chi connectivity index (χ4v) is 3.00. The quantitative estimate of drug-likeness (QED) is 0.924. The lowest BCUT2D eigenvalue weighted by molar-refractivity contribution is 0.0691. The zero-order valence-corrected chi connectivity index (χ0v) is 15.0. The Morgan fingerprint density at radius 2 is 1.96 bits per heavy atom. The standard InChI is InChI=1S/C19H24N4O2/c1-13-8-10-23(11-9-13)19(24)16-12-18(21-14(2)20-16)22-15-6-4-5-7-17(15)25-3/h4-7,12-13H,8-11H2,1-3H3,(H,20,21,22). The van der Waals surface area contributed by atoms with Crippen LogP contribution >= 0.6 is 0 Å². The van der Waals surface area contributed by atoms with Crippen LogP contribution in [0.4, 0.5) is 11.5 Å². The third kappa shape index (κ3) is 4.07. The molecule has 1 amide bonds. The van der Waals surface area contributed by atoms with Crippen molar-refractivity contribution in [3.05, 3.63) is 41.9 Å². The van der Waals surface area contributed by atoms with Gasteiger partial charge in [-0.1, -0.05) is 19.1 Å². The molecule has 2 heterocycles. The molecule has 1 fully saturated rings. The Bertz CT molecular complexity index is 755. The van der Waals surface area contributed by atoms with E-state index in [-0.39, 0.29) is 5.91 Å². The van der Waals surface area contributed by atoms with Crippen molar-refractivity contribution in [2.24, 2.45) is 5.92 Å². The first-order valence-electron chi connectivity index (χ1n) is 8.62. The smallest absolute Gasteiger partial charge is 0.272 e. The van der Waals surface area contributed by atoms with Gasteiger partial charge in [0.05, 0.1) is 12.8 Å². The number of amides is 1. The number of hydrogen-bond acceptors (Lipinski definition) is 5. The minimum atomic E-state index is -0.0273. The molecular formula is C19H24N4O2. The molecule has 1 aliphatic rings. The lowest BCUT2D eigenvalue weighted by atomic mass is 9.99. The Morgan fingerprint density at radius 1 is 1.24 bits per heavy atom. The molecule has 0 spiro atoms. The minimum absolute atomic E-state index is 0.0273. The Labute approximate surface area is 148 Å². The van der Waals surface area contributed by atoms with Gasteiger partial charge in [-0.05, 0) is 37.8 Å². The predicted octanol–water partition coefficient (Wildman–Crippen LogP) is 3.41. The van der Waals surface area contributed by atoms with Crippen LogP contribution in [0, 0.1) is 12.8 Å². The molecule has 1 aromatic carbocycles. The van der Waals surface area contributed by atoms with Crippen molar-refractivity contribution < 1.29 is 9.53 Å². The number of hydrogen-bond donors (Lipinski definition) is 1. The molecule has 1 aromatic heterocycles. The van der Waals surface area contributed by atoms with E-state index in [1.54, 1.807) is 20.1 Å². The van der Waals surface area contributed by atoms with Gasteiger partial charge in [0.1, 0.15) is 23.1 Å². The van der Waals surface area contributed by atoms with E-state index >= 15 is 0 Å². The number of piperidine rings is 1. The van der Waals surface area contributed by atoms with Gasteiger partial charge in [0.15, 0.2) is 0 Å². The van der Waals surface area contributed by atoms with E-state index in [1.165, 1.54) is 0 Å². The number of carbonyl (C=O) groups is 1. The van der Waals surface area contributed by atoms with Crippen LogP contribution in [0.15, 0.2) is 30.3 Å². The fraction of sp³-hybridized carbons (Fsp3) is 0.421. The number of rotatable bonds is 4. The van der Waals surface area contributed by atoms with Crippen LogP contribution in [0.2, 0.25) is 0 Å². The third-order valence-corrected chi connectivity index (χ3v) is 4.50. The molecule has 0 bridgehead atoms. The summed E-state index contributed by atoms with van der Waals surface area (Å²) in [5.41, 5.74) is 1.23. The molecule has 3 rings (SSSR count). The van der Waals surface area contributed by atoms with Gasteiger partial charge >= 0.3 is 0 Å². The van der Waals surface area contributed by atoms with Crippen molar-refractivity contribution in [2.75, 3.05) is 25.5 Å². The number of aromatic nitrogens is 2. The molecule has 0 atom stereocenters. The Balaban J connectivity index is 1.82. The van der Waals surface area contributed by atoms with Crippen molar-refractivity contribution in [3.8, 4) is 5.75 Å². The van der Waals surface area contributed by atoms with Crippen molar-refractivity contribution in [1.29, 1.82) is 0 Å². The van der Waals surface area contributed by atoms with Gasteiger partial charge in [-0.3, -0.25) is 4.79 Å². The molecule has 0 aliphatic carbocycles. The molecule has 2 aromatic rings. The van der Waals surface area contributed by atoms with Gasteiger partial charge < -0.3 is 15.0 Å². The topological polar surface area (TPSA) is 67.3 Å². The summed E-state index contributed by atoms with van der Waals surface area (Å²) >= 11 is 0. The maximum Gasteiger partial charge on any atom is 0.272 e. The zero-order valence-electron chi connectivity index (χ0n) is 15.0. The second-order valence-corrected chi connectivity index (χ2v) is 6.49. The van der Waals surface area contributed by atoms with Gasteiger partial charge in [-0.2, -0.15) is 0 Å². The number of aryl methyl sites for hydroxylation is 1. The monoisotopic (exact) mass is 340 g/mol. The average Bonchev–Trinajstić information content (AvgIpc) is 2.62. The largest absolute Gasteiger partial charge is 0.495 e. The highest BCUT2D eigenvalue weighted by atomic mass is 16.5. The summed E-state index contributed by atoms with van der Waals surface area (Å²) < 4.78 is 5.35. The molecule has 6 nitrogen and oxygen atoms in total. The van der Waals surface area contributed by atoms with Gasteiger partial charge in [0.2, 0.25) is 0 Å². The highest BCUT2D eigenvalue weighted by molar-refractivity contribution is 5.93. The molecule has 0 unspecified atom stereocenters. The van der Waals surface area contributed by atoms with Crippen molar-refractivity contribution >= 4 is 17.4 Å². The molecule has 1 N–H and O–H groups in total. The molecule has 0 radical (unpaired) electrons. The van der Waals surface area contributed by atoms with Crippen molar-refractivity contribution in [2.45, 2.75) is 26.7 Å². The van der Waals surface area contributed by atoms with Gasteiger partial charge in [-0.25, -0.2) is 9.97 Å². The van der Waals surface area contributed by atoms with E-state index in [2.05, 4.69) is 22.2 Å². The number of carbonyl (C=O) groups excluding carboxylic acids is 1. The maximum atomic E-state index is 12.8. The maximum absolute atomic E-state index is 12.8. The van der Waals surface area contributed by atoms with E-state index in [0.717, 1.165) is 37.4 Å². The lowest BCUT2D eigenvalue weighted by Gasteiger charge is -2.30. The SMILES string of the molecule is COc1ccccc1Nc1cc(C(=O)N2CCC(C)CC2)nc(C)n1. The predicted molar refractivity (Wildman–Crippen MR) is 97.3 cm³/mol. The summed E-state index contributed by atoms with van der Waals surface area (Å²) in [4.78, 5) is 23.4. The number of nitrogens with one attached hydrogen (secondary N) is 1. The zero-order chi connectivity index (χ0) is 17.8. The van der Waals surface area contributed by atoms with Crippen LogP contribution in [0.1, 0.15) is 36.1 Å². The van der Waals surface area contributed by atoms with E-state index in [0.29, 0.717) is 23.3 Å². The van der Waals surface area contributed by atoms with Crippen LogP contribution in [-0.4, -0.2) is 41.0 Å². The summed E-state index contributed by atoms with van der Waals surface area (Å²) in [5.74, 6) is 2.52. The Kier molecular flexibility index (Phi) is 5.16. The van der Waals surface area contributed by atoms with Crippen LogP contribution in [0.25, 0.3) is 0 Å². The van der Waals surface area contributed by atoms with E-state index in [9.17, 15) is 4.79 Å². The molecule has 25 heavy (non-hydrogen) atoms. The van der Waals surface area contributed by atoms with Gasteiger partial charge in [0.25, 0.3) is 5.91 Å². The Hall–Kier alpha value is -2.63. The number of anilines is 2. The minimum Gasteiger partial charge on any atom is -0.495 e. The van der Waals surface area contributed by atoms with Crippen molar-refractivity contribution in [1.82, 2.24) is 14.9 Å². The molecule has 6 heteroatoms. The number of para-hydroxylation sites is 2. The van der Waals surface area contributed by atoms with E-state index in [4.69, 9.17) is 4.74 Å². The first-order chi connectivity index (χ1) is 12.1. The van der Waals surface area contributed by atoms with Gasteiger partial charge in [-0.15, -0.1) is 0 Å². The molecule has 132 valence electrons. The Morgan fingerprint density at radius 3 is 2.68 bits per heavy atom. The molecule has 1 saturated heterocycles. The van der Waals surface area contributed by atoms with Crippen LogP contribution < -0.4 is 10.1 Å². The first-order valence-corrected chi connectivity index (χ1v) is 8.62. The average molecular weight is 340 g/mol. The lowest BCUT2D eigenvalue weighted by Crippen LogP contribution is -2.38. The summed E-state index contributed by atoms with van der Waals surface area (Å²) in [6.07, 6.45) is 2.09. The fourth-order valence-electron chi connectivity index (χ4n) is 3.00.